The molecule has 4 heteroatoms. The van der Waals surface area contributed by atoms with Gasteiger partial charge in [0.2, 0.25) is 0 Å². The Hall–Kier alpha value is -0.610. The van der Waals surface area contributed by atoms with Gasteiger partial charge in [-0.25, -0.2) is 0 Å². The first kappa shape index (κ1) is 14.8. The standard InChI is InChI=1S/C15H21BrN2S/c1-10-3-6-12(7-4-10)18(2)14-9-11(16)5-8-13(14)15(17)19/h5,8-10,12H,3-4,6-7H2,1-2H3,(H2,17,19). The number of rotatable bonds is 3. The van der Waals surface area contributed by atoms with E-state index in [-0.39, 0.29) is 0 Å². The van der Waals surface area contributed by atoms with Crippen LogP contribution in [-0.2, 0) is 0 Å². The molecule has 0 unspecified atom stereocenters. The van der Waals surface area contributed by atoms with Gasteiger partial charge in [0, 0.05) is 28.8 Å². The van der Waals surface area contributed by atoms with Crippen LogP contribution in [-0.4, -0.2) is 18.1 Å². The predicted molar refractivity (Wildman–Crippen MR) is 89.9 cm³/mol. The Morgan fingerprint density at radius 2 is 1.95 bits per heavy atom. The Kier molecular flexibility index (Phi) is 4.85. The van der Waals surface area contributed by atoms with Crippen molar-refractivity contribution in [2.45, 2.75) is 38.6 Å². The molecule has 0 radical (unpaired) electrons. The molecule has 19 heavy (non-hydrogen) atoms. The molecule has 104 valence electrons. The Morgan fingerprint density at radius 1 is 1.32 bits per heavy atom. The molecule has 1 aromatic carbocycles. The highest BCUT2D eigenvalue weighted by Crippen LogP contribution is 2.32. The Balaban J connectivity index is 2.25. The van der Waals surface area contributed by atoms with Crippen molar-refractivity contribution in [1.29, 1.82) is 0 Å². The fraction of sp³-hybridized carbons (Fsp3) is 0.533. The predicted octanol–water partition coefficient (Wildman–Crippen LogP) is 4.10. The minimum Gasteiger partial charge on any atom is -0.389 e. The van der Waals surface area contributed by atoms with Gasteiger partial charge in [-0.05, 0) is 49.8 Å². The summed E-state index contributed by atoms with van der Waals surface area (Å²) in [7, 11) is 2.16. The van der Waals surface area contributed by atoms with Gasteiger partial charge in [0.25, 0.3) is 0 Å². The van der Waals surface area contributed by atoms with E-state index in [9.17, 15) is 0 Å². The minimum absolute atomic E-state index is 0.471. The molecular weight excluding hydrogens is 320 g/mol. The maximum absolute atomic E-state index is 5.84. The summed E-state index contributed by atoms with van der Waals surface area (Å²) in [5, 5.41) is 0. The molecule has 0 aromatic heterocycles. The zero-order valence-electron chi connectivity index (χ0n) is 11.5. The van der Waals surface area contributed by atoms with E-state index in [0.29, 0.717) is 11.0 Å². The molecule has 2 N–H and O–H groups in total. The van der Waals surface area contributed by atoms with Crippen LogP contribution in [0.3, 0.4) is 0 Å². The molecule has 0 heterocycles. The molecule has 1 aromatic rings. The monoisotopic (exact) mass is 340 g/mol. The molecule has 1 aliphatic rings. The van der Waals surface area contributed by atoms with Crippen LogP contribution in [0.5, 0.6) is 0 Å². The van der Waals surface area contributed by atoms with Gasteiger partial charge in [-0.2, -0.15) is 0 Å². The second-order valence-electron chi connectivity index (χ2n) is 5.55. The number of hydrogen-bond acceptors (Lipinski definition) is 2. The molecule has 2 rings (SSSR count). The van der Waals surface area contributed by atoms with E-state index in [1.807, 2.05) is 12.1 Å². The smallest absolute Gasteiger partial charge is 0.106 e. The molecule has 1 fully saturated rings. The summed E-state index contributed by atoms with van der Waals surface area (Å²) in [6, 6.07) is 6.71. The molecule has 0 amide bonds. The number of nitrogens with zero attached hydrogens (tertiary/aromatic N) is 1. The first-order valence-corrected chi connectivity index (χ1v) is 8.01. The second kappa shape index (κ2) is 6.23. The second-order valence-corrected chi connectivity index (χ2v) is 6.91. The van der Waals surface area contributed by atoms with Gasteiger partial charge in [0.1, 0.15) is 4.99 Å². The molecule has 0 aliphatic heterocycles. The lowest BCUT2D eigenvalue weighted by atomic mass is 9.86. The molecule has 2 nitrogen and oxygen atoms in total. The summed E-state index contributed by atoms with van der Waals surface area (Å²) in [5.41, 5.74) is 7.96. The van der Waals surface area contributed by atoms with Crippen LogP contribution in [0.1, 0.15) is 38.2 Å². The van der Waals surface area contributed by atoms with Gasteiger partial charge in [-0.1, -0.05) is 35.1 Å². The van der Waals surface area contributed by atoms with E-state index < -0.39 is 0 Å². The van der Waals surface area contributed by atoms with E-state index in [4.69, 9.17) is 18.0 Å². The van der Waals surface area contributed by atoms with Gasteiger partial charge in [0.15, 0.2) is 0 Å². The van der Waals surface area contributed by atoms with Gasteiger partial charge >= 0.3 is 0 Å². The van der Waals surface area contributed by atoms with Crippen molar-refractivity contribution in [3.05, 3.63) is 28.2 Å². The maximum Gasteiger partial charge on any atom is 0.106 e. The summed E-state index contributed by atoms with van der Waals surface area (Å²) >= 11 is 8.70. The Bertz CT molecular complexity index is 467. The summed E-state index contributed by atoms with van der Waals surface area (Å²) in [4.78, 5) is 2.82. The number of nitrogens with two attached hydrogens (primary N) is 1. The number of thiocarbonyl (C=S) groups is 1. The summed E-state index contributed by atoms with van der Waals surface area (Å²) < 4.78 is 1.07. The first-order chi connectivity index (χ1) is 8.99. The van der Waals surface area contributed by atoms with E-state index in [1.54, 1.807) is 0 Å². The number of hydrogen-bond donors (Lipinski definition) is 1. The molecule has 1 saturated carbocycles. The van der Waals surface area contributed by atoms with E-state index in [2.05, 4.69) is 40.9 Å². The number of halogens is 1. The van der Waals surface area contributed by atoms with Crippen LogP contribution in [0, 0.1) is 5.92 Å². The minimum atomic E-state index is 0.471. The summed E-state index contributed by atoms with van der Waals surface area (Å²) in [6.45, 7) is 2.34. The average Bonchev–Trinajstić information content (AvgIpc) is 2.38. The molecule has 1 aliphatic carbocycles. The van der Waals surface area contributed by atoms with Gasteiger partial charge in [-0.15, -0.1) is 0 Å². The van der Waals surface area contributed by atoms with E-state index in [1.165, 1.54) is 25.7 Å². The summed E-state index contributed by atoms with van der Waals surface area (Å²) in [6.07, 6.45) is 5.12. The normalized spacial score (nSPS) is 23.1. The van der Waals surface area contributed by atoms with E-state index in [0.717, 1.165) is 21.6 Å². The summed E-state index contributed by atoms with van der Waals surface area (Å²) in [5.74, 6) is 0.863. The number of anilines is 1. The SMILES string of the molecule is CC1CCC(N(C)c2cc(Br)ccc2C(N)=S)CC1. The van der Waals surface area contributed by atoms with Crippen molar-refractivity contribution < 1.29 is 0 Å². The highest BCUT2D eigenvalue weighted by Gasteiger charge is 2.23. The third kappa shape index (κ3) is 3.48. The topological polar surface area (TPSA) is 29.3 Å². The lowest BCUT2D eigenvalue weighted by molar-refractivity contribution is 0.340. The van der Waals surface area contributed by atoms with Crippen molar-refractivity contribution in [1.82, 2.24) is 0 Å². The van der Waals surface area contributed by atoms with Crippen molar-refractivity contribution in [3.63, 3.8) is 0 Å². The quantitative estimate of drug-likeness (QED) is 0.840. The molecule has 0 bridgehead atoms. The van der Waals surface area contributed by atoms with Crippen LogP contribution in [0.25, 0.3) is 0 Å². The average molecular weight is 341 g/mol. The number of benzene rings is 1. The highest BCUT2D eigenvalue weighted by molar-refractivity contribution is 9.10. The van der Waals surface area contributed by atoms with Crippen LogP contribution in [0.4, 0.5) is 5.69 Å². The maximum atomic E-state index is 5.84. The van der Waals surface area contributed by atoms with Crippen molar-refractivity contribution in [2.75, 3.05) is 11.9 Å². The highest BCUT2D eigenvalue weighted by atomic mass is 79.9. The zero-order chi connectivity index (χ0) is 14.0. The Morgan fingerprint density at radius 3 is 2.53 bits per heavy atom. The van der Waals surface area contributed by atoms with E-state index >= 15 is 0 Å². The third-order valence-corrected chi connectivity index (χ3v) is 4.85. The molecular formula is C15H21BrN2S. The van der Waals surface area contributed by atoms with Crippen molar-refractivity contribution >= 4 is 38.8 Å². The van der Waals surface area contributed by atoms with Gasteiger partial charge in [-0.3, -0.25) is 0 Å². The van der Waals surface area contributed by atoms with Crippen LogP contribution in [0.15, 0.2) is 22.7 Å². The fourth-order valence-electron chi connectivity index (χ4n) is 2.83. The molecule has 0 saturated heterocycles. The van der Waals surface area contributed by atoms with Gasteiger partial charge < -0.3 is 10.6 Å². The van der Waals surface area contributed by atoms with Crippen LogP contribution >= 0.6 is 28.1 Å². The third-order valence-electron chi connectivity index (χ3n) is 4.14. The lowest BCUT2D eigenvalue weighted by Gasteiger charge is -2.36. The first-order valence-electron chi connectivity index (χ1n) is 6.81. The molecule has 0 spiro atoms. The van der Waals surface area contributed by atoms with Crippen LogP contribution in [0.2, 0.25) is 0 Å². The largest absolute Gasteiger partial charge is 0.389 e. The fourth-order valence-corrected chi connectivity index (χ4v) is 3.35. The van der Waals surface area contributed by atoms with Crippen molar-refractivity contribution in [2.24, 2.45) is 11.7 Å². The zero-order valence-corrected chi connectivity index (χ0v) is 13.9. The van der Waals surface area contributed by atoms with Crippen molar-refractivity contribution in [3.8, 4) is 0 Å². The van der Waals surface area contributed by atoms with Gasteiger partial charge in [0.05, 0.1) is 0 Å². The van der Waals surface area contributed by atoms with Crippen LogP contribution < -0.4 is 10.6 Å². The lowest BCUT2D eigenvalue weighted by Crippen LogP contribution is -2.36. The Labute approximate surface area is 129 Å². The molecule has 0 atom stereocenters.